The van der Waals surface area contributed by atoms with Crippen LogP contribution in [0.4, 0.5) is 4.79 Å². The summed E-state index contributed by atoms with van der Waals surface area (Å²) in [5, 5.41) is 21.5. The average Bonchev–Trinajstić information content (AvgIpc) is 2.71. The minimum Gasteiger partial charge on any atom is -0.356 e. The molecule has 166 valence electrons. The summed E-state index contributed by atoms with van der Waals surface area (Å²) in [6.07, 6.45) is 19.4. The highest BCUT2D eigenvalue weighted by molar-refractivity contribution is 5.94. The lowest BCUT2D eigenvalue weighted by Gasteiger charge is -2.23. The lowest BCUT2D eigenvalue weighted by atomic mass is 10.1. The number of rotatable bonds is 11. The van der Waals surface area contributed by atoms with Gasteiger partial charge in [-0.05, 0) is 51.9 Å². The van der Waals surface area contributed by atoms with Gasteiger partial charge in [0.25, 0.3) is 0 Å². The third-order valence-electron chi connectivity index (χ3n) is 5.43. The van der Waals surface area contributed by atoms with Gasteiger partial charge in [0.2, 0.25) is 0 Å². The molecule has 29 heavy (non-hydrogen) atoms. The van der Waals surface area contributed by atoms with E-state index in [1.165, 1.54) is 25.7 Å². The number of allylic oxidation sites excluding steroid dienone is 2. The number of hydrogen-bond donors (Lipinski definition) is 4. The van der Waals surface area contributed by atoms with Gasteiger partial charge in [-0.2, -0.15) is 0 Å². The summed E-state index contributed by atoms with van der Waals surface area (Å²) in [6, 6.07) is -0.142. The number of nitrogens with zero attached hydrogens (tertiary/aromatic N) is 1. The number of guanidine groups is 1. The molecule has 4 N–H and O–H groups in total. The number of carbonyl (C=O) groups excluding carboxylic acids is 1. The molecule has 1 fully saturated rings. The normalized spacial score (nSPS) is 17.2. The van der Waals surface area contributed by atoms with Crippen molar-refractivity contribution >= 4 is 17.7 Å². The van der Waals surface area contributed by atoms with Gasteiger partial charge in [-0.25, -0.2) is 4.79 Å². The van der Waals surface area contributed by atoms with E-state index in [0.717, 1.165) is 89.6 Å². The van der Waals surface area contributed by atoms with E-state index in [9.17, 15) is 4.79 Å². The van der Waals surface area contributed by atoms with Crippen molar-refractivity contribution in [2.75, 3.05) is 19.6 Å². The van der Waals surface area contributed by atoms with Gasteiger partial charge in [0.15, 0.2) is 5.96 Å². The van der Waals surface area contributed by atoms with Crippen molar-refractivity contribution in [1.82, 2.24) is 15.5 Å². The molecule has 1 aliphatic heterocycles. The van der Waals surface area contributed by atoms with Crippen LogP contribution in [0.1, 0.15) is 96.8 Å². The zero-order valence-corrected chi connectivity index (χ0v) is 18.5. The molecule has 0 unspecified atom stereocenters. The van der Waals surface area contributed by atoms with Crippen LogP contribution < -0.4 is 10.6 Å². The van der Waals surface area contributed by atoms with Crippen molar-refractivity contribution in [2.45, 2.75) is 96.8 Å². The molecule has 2 amide bonds. The summed E-state index contributed by atoms with van der Waals surface area (Å²) in [4.78, 5) is 14.4. The van der Waals surface area contributed by atoms with Crippen molar-refractivity contribution in [3.8, 4) is 0 Å². The zero-order valence-electron chi connectivity index (χ0n) is 18.5. The van der Waals surface area contributed by atoms with Crippen LogP contribution in [0.15, 0.2) is 12.2 Å². The number of amides is 2. The maximum atomic E-state index is 12.5. The molecule has 1 aliphatic rings. The van der Waals surface area contributed by atoms with E-state index in [-0.39, 0.29) is 12.0 Å². The maximum absolute atomic E-state index is 12.5. The summed E-state index contributed by atoms with van der Waals surface area (Å²) in [5.74, 6) is 0.121. The van der Waals surface area contributed by atoms with E-state index in [2.05, 4.69) is 16.7 Å². The first-order valence-corrected chi connectivity index (χ1v) is 11.7. The number of nitrogens with one attached hydrogen (secondary N) is 4. The Morgan fingerprint density at radius 3 is 2.48 bits per heavy atom. The van der Waals surface area contributed by atoms with Crippen LogP contribution in [-0.2, 0) is 0 Å². The fraction of sp³-hybridized carbons (Fsp3) is 0.783. The van der Waals surface area contributed by atoms with Gasteiger partial charge >= 0.3 is 6.03 Å². The lowest BCUT2D eigenvalue weighted by molar-refractivity contribution is 0.200. The van der Waals surface area contributed by atoms with Crippen molar-refractivity contribution in [2.24, 2.45) is 0 Å². The van der Waals surface area contributed by atoms with Gasteiger partial charge < -0.3 is 15.6 Å². The molecule has 0 spiro atoms. The molecule has 0 radical (unpaired) electrons. The summed E-state index contributed by atoms with van der Waals surface area (Å²) in [6.45, 7) is 4.32. The fourth-order valence-electron chi connectivity index (χ4n) is 3.61. The van der Waals surface area contributed by atoms with Crippen molar-refractivity contribution in [3.05, 3.63) is 12.2 Å². The number of hydrogen-bond acceptors (Lipinski definition) is 3. The first kappa shape index (κ1) is 25.2. The molecule has 0 aromatic carbocycles. The first-order valence-electron chi connectivity index (χ1n) is 11.7. The quantitative estimate of drug-likeness (QED) is 0.205. The van der Waals surface area contributed by atoms with Gasteiger partial charge in [-0.3, -0.25) is 10.7 Å². The average molecular weight is 406 g/mol. The molecule has 1 rings (SSSR count). The molecule has 0 aromatic rings. The monoisotopic (exact) mass is 405 g/mol. The SMILES string of the molecule is C/C=C/CCC(=N)CCCCCCCN1CCCCCCCCNC(=N)NC1=O. The Labute approximate surface area is 177 Å². The van der Waals surface area contributed by atoms with Gasteiger partial charge in [-0.1, -0.05) is 57.1 Å². The minimum atomic E-state index is -0.142. The largest absolute Gasteiger partial charge is 0.356 e. The van der Waals surface area contributed by atoms with Gasteiger partial charge in [-0.15, -0.1) is 0 Å². The summed E-state index contributed by atoms with van der Waals surface area (Å²) in [5.41, 5.74) is 0.867. The molecule has 0 atom stereocenters. The van der Waals surface area contributed by atoms with Crippen LogP contribution in [0.25, 0.3) is 0 Å². The Hall–Kier alpha value is -1.85. The molecule has 1 heterocycles. The van der Waals surface area contributed by atoms with E-state index in [0.29, 0.717) is 0 Å². The molecule has 6 heteroatoms. The molecule has 0 saturated carbocycles. The second-order valence-corrected chi connectivity index (χ2v) is 8.07. The van der Waals surface area contributed by atoms with E-state index in [1.807, 2.05) is 17.9 Å². The van der Waals surface area contributed by atoms with Crippen LogP contribution >= 0.6 is 0 Å². The molecule has 0 aromatic heterocycles. The summed E-state index contributed by atoms with van der Waals surface area (Å²) in [7, 11) is 0. The lowest BCUT2D eigenvalue weighted by Crippen LogP contribution is -2.48. The third-order valence-corrected chi connectivity index (χ3v) is 5.43. The maximum Gasteiger partial charge on any atom is 0.324 e. The molecule has 0 aliphatic carbocycles. The molecule has 1 saturated heterocycles. The number of unbranched alkanes of at least 4 members (excludes halogenated alkanes) is 4. The van der Waals surface area contributed by atoms with Crippen molar-refractivity contribution in [1.29, 1.82) is 10.8 Å². The Balaban J connectivity index is 2.21. The Bertz CT molecular complexity index is 503. The van der Waals surface area contributed by atoms with Gasteiger partial charge in [0, 0.05) is 25.3 Å². The van der Waals surface area contributed by atoms with Crippen LogP contribution in [0.2, 0.25) is 0 Å². The number of carbonyl (C=O) groups is 1. The molecular weight excluding hydrogens is 362 g/mol. The van der Waals surface area contributed by atoms with Gasteiger partial charge in [0.05, 0.1) is 0 Å². The van der Waals surface area contributed by atoms with E-state index in [1.54, 1.807) is 0 Å². The van der Waals surface area contributed by atoms with Gasteiger partial charge in [0.1, 0.15) is 0 Å². The topological polar surface area (TPSA) is 92.1 Å². The number of urea groups is 1. The van der Waals surface area contributed by atoms with E-state index < -0.39 is 0 Å². The Morgan fingerprint density at radius 2 is 1.69 bits per heavy atom. The molecular formula is C23H43N5O. The van der Waals surface area contributed by atoms with Crippen molar-refractivity contribution in [3.63, 3.8) is 0 Å². The second kappa shape index (κ2) is 17.0. The van der Waals surface area contributed by atoms with Crippen LogP contribution in [0.3, 0.4) is 0 Å². The molecule has 6 nitrogen and oxygen atoms in total. The predicted octanol–water partition coefficient (Wildman–Crippen LogP) is 5.59. The van der Waals surface area contributed by atoms with Crippen LogP contribution in [0.5, 0.6) is 0 Å². The summed E-state index contributed by atoms with van der Waals surface area (Å²) < 4.78 is 0. The van der Waals surface area contributed by atoms with E-state index >= 15 is 0 Å². The van der Waals surface area contributed by atoms with Crippen molar-refractivity contribution < 1.29 is 4.79 Å². The smallest absolute Gasteiger partial charge is 0.324 e. The highest BCUT2D eigenvalue weighted by Gasteiger charge is 2.14. The predicted molar refractivity (Wildman–Crippen MR) is 123 cm³/mol. The zero-order chi connectivity index (χ0) is 21.2. The van der Waals surface area contributed by atoms with Crippen LogP contribution in [-0.4, -0.2) is 42.2 Å². The first-order chi connectivity index (χ1) is 14.1. The molecule has 0 bridgehead atoms. The highest BCUT2D eigenvalue weighted by atomic mass is 16.2. The minimum absolute atomic E-state index is 0.121. The Morgan fingerprint density at radius 1 is 1.00 bits per heavy atom. The van der Waals surface area contributed by atoms with E-state index in [4.69, 9.17) is 10.8 Å². The highest BCUT2D eigenvalue weighted by Crippen LogP contribution is 2.11. The fourth-order valence-corrected chi connectivity index (χ4v) is 3.61. The second-order valence-electron chi connectivity index (χ2n) is 8.07. The Kier molecular flexibility index (Phi) is 14.8. The summed E-state index contributed by atoms with van der Waals surface area (Å²) >= 11 is 0. The van der Waals surface area contributed by atoms with Crippen LogP contribution in [0, 0.1) is 10.8 Å². The standard InChI is InChI=1S/C23H43N5O/c1-2-3-11-16-21(24)17-12-7-6-10-15-20-28-19-14-9-5-4-8-13-18-26-22(25)27-23(28)29/h2-3,24H,4-20H2,1H3,(H3,25,26,27,29)/b3-2+,24-21?. The third kappa shape index (κ3) is 13.9.